The summed E-state index contributed by atoms with van der Waals surface area (Å²) in [6.45, 7) is 0.762. The van der Waals surface area contributed by atoms with Gasteiger partial charge in [-0.25, -0.2) is 4.79 Å². The zero-order valence-electron chi connectivity index (χ0n) is 12.9. The molecule has 0 spiro atoms. The number of aromatic nitrogens is 2. The Hall–Kier alpha value is -1.55. The van der Waals surface area contributed by atoms with Crippen molar-refractivity contribution in [2.75, 3.05) is 13.7 Å². The number of aliphatic hydroxyl groups excluding tert-OH is 1. The molecule has 2 heterocycles. The highest BCUT2D eigenvalue weighted by Gasteiger charge is 2.41. The molecule has 1 unspecified atom stereocenters. The van der Waals surface area contributed by atoms with Gasteiger partial charge in [0.15, 0.2) is 12.7 Å². The lowest BCUT2D eigenvalue weighted by Crippen LogP contribution is -3.14. The van der Waals surface area contributed by atoms with E-state index in [1.807, 2.05) is 24.3 Å². The van der Waals surface area contributed by atoms with E-state index >= 15 is 0 Å². The predicted octanol–water partition coefficient (Wildman–Crippen LogP) is 0.784. The molecule has 0 radical (unpaired) electrons. The predicted molar refractivity (Wildman–Crippen MR) is 90.7 cm³/mol. The number of ether oxygens (including phenoxy) is 1. The Labute approximate surface area is 152 Å². The number of hydrogen-bond acceptors (Lipinski definition) is 6. The van der Waals surface area contributed by atoms with E-state index in [0.717, 1.165) is 14.9 Å². The number of quaternary nitrogens is 1. The first kappa shape index (κ1) is 17.3. The fourth-order valence-corrected chi connectivity index (χ4v) is 3.30. The number of benzene rings is 1. The van der Waals surface area contributed by atoms with Crippen molar-refractivity contribution in [1.29, 1.82) is 0 Å². The maximum Gasteiger partial charge on any atom is 0.364 e. The lowest BCUT2D eigenvalue weighted by atomic mass is 10.2. The molecule has 24 heavy (non-hydrogen) atoms. The summed E-state index contributed by atoms with van der Waals surface area (Å²) in [7, 11) is 1.35. The lowest BCUT2D eigenvalue weighted by Gasteiger charge is -2.18. The summed E-state index contributed by atoms with van der Waals surface area (Å²) in [4.78, 5) is 12.9. The fourth-order valence-electron chi connectivity index (χ4n) is 2.85. The summed E-state index contributed by atoms with van der Waals surface area (Å²) < 4.78 is 12.9. The Morgan fingerprint density at radius 1 is 1.54 bits per heavy atom. The van der Waals surface area contributed by atoms with Crippen LogP contribution in [-0.4, -0.2) is 46.7 Å². The van der Waals surface area contributed by atoms with Gasteiger partial charge in [-0.3, -0.25) is 0 Å². The number of rotatable bonds is 4. The summed E-state index contributed by atoms with van der Waals surface area (Å²) in [5, 5.41) is 14.3. The topological polar surface area (TPSA) is 81.9 Å². The number of aliphatic hydroxyl groups is 1. The van der Waals surface area contributed by atoms with Crippen LogP contribution in [0.2, 0.25) is 0 Å². The van der Waals surface area contributed by atoms with Crippen molar-refractivity contribution in [2.45, 2.75) is 25.2 Å². The third-order valence-corrected chi connectivity index (χ3v) is 4.86. The molecule has 9 heteroatoms. The molecule has 3 rings (SSSR count). The maximum absolute atomic E-state index is 11.9. The van der Waals surface area contributed by atoms with Crippen molar-refractivity contribution in [1.82, 2.24) is 9.78 Å². The molecule has 3 atom stereocenters. The average Bonchev–Trinajstić information content (AvgIpc) is 3.11. The van der Waals surface area contributed by atoms with E-state index in [4.69, 9.17) is 21.4 Å². The average molecular weight is 415 g/mol. The molecule has 0 saturated carbocycles. The first-order valence-corrected chi connectivity index (χ1v) is 8.62. The van der Waals surface area contributed by atoms with Gasteiger partial charge in [-0.2, -0.15) is 4.68 Å². The molecule has 1 aliphatic rings. The van der Waals surface area contributed by atoms with Gasteiger partial charge in [0.05, 0.1) is 7.11 Å². The van der Waals surface area contributed by atoms with Crippen LogP contribution in [0.1, 0.15) is 6.42 Å². The smallest absolute Gasteiger partial charge is 0.364 e. The first-order valence-electron chi connectivity index (χ1n) is 7.42. The molecule has 2 aromatic rings. The second kappa shape index (κ2) is 7.14. The van der Waals surface area contributed by atoms with Gasteiger partial charge >= 0.3 is 5.97 Å². The Morgan fingerprint density at radius 2 is 2.25 bits per heavy atom. The molecule has 1 saturated heterocycles. The molecular formula is C15H17BrN3O4S+. The van der Waals surface area contributed by atoms with Gasteiger partial charge in [-0.1, -0.05) is 15.9 Å². The molecule has 7 nitrogen and oxygen atoms in total. The van der Waals surface area contributed by atoms with Gasteiger partial charge in [0.1, 0.15) is 12.6 Å². The van der Waals surface area contributed by atoms with E-state index in [1.165, 1.54) is 11.8 Å². The SMILES string of the molecule is COC(=O)[C@@H]1C[C@@H](O)C[NH+]1Cn1nc(-c2ccc(Br)cc2)oc1=S. The highest BCUT2D eigenvalue weighted by molar-refractivity contribution is 9.10. The third kappa shape index (κ3) is 3.59. The number of methoxy groups -OCH3 is 1. The molecule has 2 N–H and O–H groups in total. The van der Waals surface area contributed by atoms with E-state index in [2.05, 4.69) is 21.0 Å². The van der Waals surface area contributed by atoms with Crippen LogP contribution in [0.4, 0.5) is 0 Å². The highest BCUT2D eigenvalue weighted by Crippen LogP contribution is 2.20. The number of halogens is 1. The minimum atomic E-state index is -0.545. The van der Waals surface area contributed by atoms with Crippen LogP contribution >= 0.6 is 28.1 Å². The van der Waals surface area contributed by atoms with Gasteiger partial charge in [0.2, 0.25) is 5.89 Å². The normalized spacial score (nSPS) is 23.4. The number of hydrogen-bond donors (Lipinski definition) is 2. The van der Waals surface area contributed by atoms with Crippen molar-refractivity contribution in [3.05, 3.63) is 33.6 Å². The molecule has 0 amide bonds. The maximum atomic E-state index is 11.9. The van der Waals surface area contributed by atoms with Crippen LogP contribution in [-0.2, 0) is 16.2 Å². The van der Waals surface area contributed by atoms with Crippen LogP contribution < -0.4 is 4.90 Å². The Balaban J connectivity index is 1.81. The standard InChI is InChI=1S/C15H16BrN3O4S/c1-22-14(21)12-6-11(20)7-18(12)8-19-15(24)23-13(17-19)9-2-4-10(16)5-3-9/h2-5,11-12,20H,6-8H2,1H3/p+1/t11-,12+/m1/s1. The Morgan fingerprint density at radius 3 is 2.92 bits per heavy atom. The number of carbonyl (C=O) groups is 1. The summed E-state index contributed by atoms with van der Waals surface area (Å²) >= 11 is 8.61. The van der Waals surface area contributed by atoms with Crippen molar-refractivity contribution in [3.63, 3.8) is 0 Å². The molecule has 1 aliphatic heterocycles. The molecule has 1 fully saturated rings. The van der Waals surface area contributed by atoms with Crippen molar-refractivity contribution in [2.24, 2.45) is 0 Å². The van der Waals surface area contributed by atoms with Crippen LogP contribution in [0.3, 0.4) is 0 Å². The third-order valence-electron chi connectivity index (χ3n) is 4.03. The quantitative estimate of drug-likeness (QED) is 0.568. The number of nitrogens with one attached hydrogen (secondary N) is 1. The molecular weight excluding hydrogens is 398 g/mol. The zero-order chi connectivity index (χ0) is 17.3. The van der Waals surface area contributed by atoms with Crippen LogP contribution in [0, 0.1) is 4.84 Å². The minimum Gasteiger partial charge on any atom is -0.465 e. The van der Waals surface area contributed by atoms with E-state index in [1.54, 1.807) is 0 Å². The molecule has 128 valence electrons. The second-order valence-corrected chi connectivity index (χ2v) is 6.93. The highest BCUT2D eigenvalue weighted by atomic mass is 79.9. The minimum absolute atomic E-state index is 0.227. The van der Waals surface area contributed by atoms with Gasteiger partial charge in [0, 0.05) is 16.5 Å². The molecule has 1 aromatic carbocycles. The van der Waals surface area contributed by atoms with Gasteiger partial charge in [-0.15, -0.1) is 5.10 Å². The summed E-state index contributed by atoms with van der Waals surface area (Å²) in [5.74, 6) is 0.0750. The zero-order valence-corrected chi connectivity index (χ0v) is 15.3. The number of likely N-dealkylation sites (tertiary alicyclic amines) is 1. The summed E-state index contributed by atoms with van der Waals surface area (Å²) in [6, 6.07) is 7.10. The van der Waals surface area contributed by atoms with E-state index in [-0.39, 0.29) is 10.8 Å². The summed E-state index contributed by atoms with van der Waals surface area (Å²) in [6.07, 6.45) is -0.177. The number of nitrogens with zero attached hydrogens (tertiary/aromatic N) is 2. The van der Waals surface area contributed by atoms with Crippen molar-refractivity contribution >= 4 is 34.1 Å². The van der Waals surface area contributed by atoms with E-state index in [0.29, 0.717) is 25.5 Å². The first-order chi connectivity index (χ1) is 11.5. The Bertz CT molecular complexity index is 789. The van der Waals surface area contributed by atoms with Crippen LogP contribution in [0.15, 0.2) is 33.2 Å². The van der Waals surface area contributed by atoms with E-state index in [9.17, 15) is 9.90 Å². The number of esters is 1. The van der Waals surface area contributed by atoms with Crippen molar-refractivity contribution < 1.29 is 24.0 Å². The monoisotopic (exact) mass is 414 g/mol. The van der Waals surface area contributed by atoms with Gasteiger partial charge in [0.25, 0.3) is 4.84 Å². The molecule has 0 aliphatic carbocycles. The molecule has 1 aromatic heterocycles. The van der Waals surface area contributed by atoms with Gasteiger partial charge in [-0.05, 0) is 36.5 Å². The number of carbonyl (C=O) groups excluding carboxylic acids is 1. The molecule has 0 bridgehead atoms. The van der Waals surface area contributed by atoms with E-state index < -0.39 is 12.1 Å². The van der Waals surface area contributed by atoms with Crippen LogP contribution in [0.25, 0.3) is 11.5 Å². The Kier molecular flexibility index (Phi) is 5.14. The second-order valence-electron chi connectivity index (χ2n) is 5.67. The summed E-state index contributed by atoms with van der Waals surface area (Å²) in [5.41, 5.74) is 0.809. The lowest BCUT2D eigenvalue weighted by molar-refractivity contribution is -0.928. The fraction of sp³-hybridized carbons (Fsp3) is 0.400. The van der Waals surface area contributed by atoms with Gasteiger partial charge < -0.3 is 19.2 Å². The largest absolute Gasteiger partial charge is 0.465 e. The van der Waals surface area contributed by atoms with Crippen molar-refractivity contribution in [3.8, 4) is 11.5 Å². The van der Waals surface area contributed by atoms with Crippen LogP contribution in [0.5, 0.6) is 0 Å².